The molecule has 1 fully saturated rings. The van der Waals surface area contributed by atoms with Crippen LogP contribution < -0.4 is 14.5 Å². The number of aryl methyl sites for hydroxylation is 1. The fourth-order valence-electron chi connectivity index (χ4n) is 4.31. The summed E-state index contributed by atoms with van der Waals surface area (Å²) in [6.07, 6.45) is 5.64. The summed E-state index contributed by atoms with van der Waals surface area (Å²) in [7, 11) is 0. The van der Waals surface area contributed by atoms with Crippen LogP contribution in [-0.4, -0.2) is 53.4 Å². The molecule has 6 rings (SSSR count). The van der Waals surface area contributed by atoms with Crippen molar-refractivity contribution in [3.05, 3.63) is 71.8 Å². The standard InChI is InChI=1S/C24H22FN5O3/c1-16-13-28(14-27-16)20-7-2-17(22-23(20)33-15-32-22)12-21-24-26-8-9-29(30(24)10-11-31-21)19-5-3-18(25)4-6-19/h2-7,12-14H,8-11,15H2,1H3/b21-12-. The summed E-state index contributed by atoms with van der Waals surface area (Å²) in [4.78, 5) is 9.04. The Labute approximate surface area is 190 Å². The third kappa shape index (κ3) is 3.45. The van der Waals surface area contributed by atoms with Crippen molar-refractivity contribution >= 4 is 17.6 Å². The summed E-state index contributed by atoms with van der Waals surface area (Å²) >= 11 is 0. The van der Waals surface area contributed by atoms with E-state index in [0.717, 1.165) is 28.5 Å². The van der Waals surface area contributed by atoms with Crippen molar-refractivity contribution in [2.45, 2.75) is 6.92 Å². The zero-order chi connectivity index (χ0) is 22.4. The van der Waals surface area contributed by atoms with Gasteiger partial charge in [0.25, 0.3) is 0 Å². The molecule has 3 aromatic rings. The summed E-state index contributed by atoms with van der Waals surface area (Å²) in [6, 6.07) is 10.5. The molecule has 0 amide bonds. The molecular formula is C24H22FN5O3. The molecule has 0 aliphatic carbocycles. The predicted octanol–water partition coefficient (Wildman–Crippen LogP) is 3.56. The van der Waals surface area contributed by atoms with Gasteiger partial charge in [-0.15, -0.1) is 0 Å². The fourth-order valence-corrected chi connectivity index (χ4v) is 4.31. The van der Waals surface area contributed by atoms with E-state index in [4.69, 9.17) is 19.2 Å². The maximum atomic E-state index is 13.4. The zero-order valence-corrected chi connectivity index (χ0v) is 18.1. The van der Waals surface area contributed by atoms with Gasteiger partial charge in [-0.1, -0.05) is 0 Å². The van der Waals surface area contributed by atoms with Gasteiger partial charge >= 0.3 is 0 Å². The first-order valence-corrected chi connectivity index (χ1v) is 10.8. The molecular weight excluding hydrogens is 425 g/mol. The smallest absolute Gasteiger partial charge is 0.231 e. The van der Waals surface area contributed by atoms with Gasteiger partial charge in [0, 0.05) is 11.8 Å². The molecule has 2 aromatic carbocycles. The lowest BCUT2D eigenvalue weighted by Crippen LogP contribution is -2.55. The molecule has 0 spiro atoms. The number of ether oxygens (including phenoxy) is 3. The van der Waals surface area contributed by atoms with E-state index in [9.17, 15) is 4.39 Å². The number of nitrogens with zero attached hydrogens (tertiary/aromatic N) is 5. The van der Waals surface area contributed by atoms with Crippen molar-refractivity contribution in [1.82, 2.24) is 14.6 Å². The van der Waals surface area contributed by atoms with Crippen molar-refractivity contribution in [2.24, 2.45) is 4.99 Å². The maximum Gasteiger partial charge on any atom is 0.231 e. The SMILES string of the molecule is Cc1cn(-c2ccc(/C=C3\OCCN4C3=NCCN4c3ccc(F)cc3)c3c2OCO3)cn1. The first-order chi connectivity index (χ1) is 16.2. The monoisotopic (exact) mass is 447 g/mol. The summed E-state index contributed by atoms with van der Waals surface area (Å²) in [5, 5.41) is 4.21. The van der Waals surface area contributed by atoms with Crippen LogP contribution in [0.25, 0.3) is 11.8 Å². The number of imidazole rings is 1. The largest absolute Gasteiger partial charge is 0.488 e. The predicted molar refractivity (Wildman–Crippen MR) is 121 cm³/mol. The zero-order valence-electron chi connectivity index (χ0n) is 18.1. The lowest BCUT2D eigenvalue weighted by atomic mass is 10.1. The number of hydrogen-bond donors (Lipinski definition) is 0. The molecule has 4 heterocycles. The molecule has 9 heteroatoms. The van der Waals surface area contributed by atoms with E-state index in [2.05, 4.69) is 15.0 Å². The Balaban J connectivity index is 1.35. The van der Waals surface area contributed by atoms with Crippen LogP contribution in [0.4, 0.5) is 10.1 Å². The highest BCUT2D eigenvalue weighted by atomic mass is 19.1. The molecule has 33 heavy (non-hydrogen) atoms. The normalized spacial score (nSPS) is 18.2. The van der Waals surface area contributed by atoms with Crippen molar-refractivity contribution in [3.63, 3.8) is 0 Å². The van der Waals surface area contributed by atoms with E-state index in [-0.39, 0.29) is 12.6 Å². The summed E-state index contributed by atoms with van der Waals surface area (Å²) in [5.74, 6) is 2.50. The molecule has 0 bridgehead atoms. The molecule has 0 saturated carbocycles. The van der Waals surface area contributed by atoms with E-state index < -0.39 is 0 Å². The van der Waals surface area contributed by atoms with E-state index in [0.29, 0.717) is 43.5 Å². The molecule has 0 atom stereocenters. The van der Waals surface area contributed by atoms with Crippen LogP contribution in [0.3, 0.4) is 0 Å². The Kier molecular flexibility index (Phi) is 4.67. The molecule has 168 valence electrons. The minimum absolute atomic E-state index is 0.155. The van der Waals surface area contributed by atoms with Gasteiger partial charge in [0.2, 0.25) is 6.79 Å². The first-order valence-electron chi connectivity index (χ1n) is 10.8. The molecule has 3 aliphatic rings. The molecule has 1 aromatic heterocycles. The highest BCUT2D eigenvalue weighted by Gasteiger charge is 2.31. The fraction of sp³-hybridized carbons (Fsp3) is 0.250. The van der Waals surface area contributed by atoms with Gasteiger partial charge in [-0.3, -0.25) is 15.0 Å². The Morgan fingerprint density at radius 2 is 1.82 bits per heavy atom. The van der Waals surface area contributed by atoms with Crippen molar-refractivity contribution < 1.29 is 18.6 Å². The van der Waals surface area contributed by atoms with Gasteiger partial charge < -0.3 is 18.8 Å². The average Bonchev–Trinajstić information content (AvgIpc) is 3.49. The number of fused-ring (bicyclic) bond motifs is 2. The Morgan fingerprint density at radius 3 is 2.64 bits per heavy atom. The van der Waals surface area contributed by atoms with E-state index in [1.165, 1.54) is 12.1 Å². The van der Waals surface area contributed by atoms with Gasteiger partial charge in [0.15, 0.2) is 23.1 Å². The van der Waals surface area contributed by atoms with Gasteiger partial charge in [-0.2, -0.15) is 0 Å². The first kappa shape index (κ1) is 19.7. The van der Waals surface area contributed by atoms with Crippen LogP contribution >= 0.6 is 0 Å². The second-order valence-electron chi connectivity index (χ2n) is 7.95. The number of morpholine rings is 1. The Bertz CT molecular complexity index is 1270. The highest BCUT2D eigenvalue weighted by Crippen LogP contribution is 2.42. The van der Waals surface area contributed by atoms with Gasteiger partial charge in [-0.25, -0.2) is 9.37 Å². The van der Waals surface area contributed by atoms with Crippen LogP contribution in [0.1, 0.15) is 11.3 Å². The number of benzene rings is 2. The maximum absolute atomic E-state index is 13.4. The van der Waals surface area contributed by atoms with Crippen LogP contribution in [0.5, 0.6) is 11.5 Å². The quantitative estimate of drug-likeness (QED) is 0.612. The van der Waals surface area contributed by atoms with Crippen molar-refractivity contribution in [3.8, 4) is 17.2 Å². The number of aliphatic imine (C=N–C) groups is 1. The topological polar surface area (TPSA) is 64.4 Å². The van der Waals surface area contributed by atoms with Crippen LogP contribution in [0.15, 0.2) is 59.7 Å². The van der Waals surface area contributed by atoms with Crippen LogP contribution in [0.2, 0.25) is 0 Å². The van der Waals surface area contributed by atoms with Gasteiger partial charge in [0.1, 0.15) is 12.4 Å². The van der Waals surface area contributed by atoms with Gasteiger partial charge in [-0.05, 0) is 49.4 Å². The van der Waals surface area contributed by atoms with E-state index in [1.807, 2.05) is 35.9 Å². The minimum atomic E-state index is -0.252. The summed E-state index contributed by atoms with van der Waals surface area (Å²) < 4.78 is 33.0. The number of hydrogen-bond acceptors (Lipinski definition) is 7. The second kappa shape index (κ2) is 7.84. The number of anilines is 1. The van der Waals surface area contributed by atoms with E-state index >= 15 is 0 Å². The van der Waals surface area contributed by atoms with Crippen LogP contribution in [-0.2, 0) is 4.74 Å². The minimum Gasteiger partial charge on any atom is -0.488 e. The molecule has 0 N–H and O–H groups in total. The van der Waals surface area contributed by atoms with Crippen molar-refractivity contribution in [2.75, 3.05) is 38.0 Å². The lowest BCUT2D eigenvalue weighted by molar-refractivity contribution is 0.160. The lowest BCUT2D eigenvalue weighted by Gasteiger charge is -2.43. The number of halogens is 1. The number of aromatic nitrogens is 2. The summed E-state index contributed by atoms with van der Waals surface area (Å²) in [6.45, 7) is 4.59. The molecule has 0 unspecified atom stereocenters. The van der Waals surface area contributed by atoms with E-state index in [1.54, 1.807) is 18.5 Å². The highest BCUT2D eigenvalue weighted by molar-refractivity contribution is 6.02. The molecule has 3 aliphatic heterocycles. The third-order valence-electron chi connectivity index (χ3n) is 5.82. The number of amidine groups is 1. The second-order valence-corrected chi connectivity index (χ2v) is 7.95. The molecule has 0 radical (unpaired) electrons. The Hall–Kier alpha value is -4.01. The number of rotatable bonds is 3. The summed E-state index contributed by atoms with van der Waals surface area (Å²) in [5.41, 5.74) is 3.56. The molecule has 8 nitrogen and oxygen atoms in total. The Morgan fingerprint density at radius 1 is 0.970 bits per heavy atom. The van der Waals surface area contributed by atoms with Gasteiger partial charge in [0.05, 0.1) is 43.0 Å². The molecule has 1 saturated heterocycles. The van der Waals surface area contributed by atoms with Crippen LogP contribution in [0, 0.1) is 12.7 Å². The third-order valence-corrected chi connectivity index (χ3v) is 5.82. The number of hydrazine groups is 1. The average molecular weight is 447 g/mol. The van der Waals surface area contributed by atoms with Crippen molar-refractivity contribution in [1.29, 1.82) is 0 Å².